The molecule has 1 aliphatic carbocycles. The van der Waals surface area contributed by atoms with Crippen LogP contribution in [0.1, 0.15) is 11.1 Å². The van der Waals surface area contributed by atoms with E-state index in [0.29, 0.717) is 6.79 Å². The molecule has 1 aliphatic rings. The quantitative estimate of drug-likeness (QED) is 0.638. The molecule has 0 heterocycles. The fourth-order valence-corrected chi connectivity index (χ4v) is 2.32. The van der Waals surface area contributed by atoms with Gasteiger partial charge in [-0.25, -0.2) is 0 Å². The highest BCUT2D eigenvalue weighted by atomic mass is 16.7. The Morgan fingerprint density at radius 3 is 2.71 bits per heavy atom. The lowest BCUT2D eigenvalue weighted by atomic mass is 10.1. The molecule has 2 aromatic rings. The zero-order chi connectivity index (χ0) is 11.7. The van der Waals surface area contributed by atoms with E-state index in [9.17, 15) is 0 Å². The lowest BCUT2D eigenvalue weighted by molar-refractivity contribution is 0.0511. The number of benzene rings is 2. The van der Waals surface area contributed by atoms with Gasteiger partial charge in [-0.1, -0.05) is 30.3 Å². The van der Waals surface area contributed by atoms with Gasteiger partial charge in [-0.15, -0.1) is 0 Å². The third-order valence-electron chi connectivity index (χ3n) is 3.11. The summed E-state index contributed by atoms with van der Waals surface area (Å²) in [7, 11) is 1.63. The molecule has 2 aromatic carbocycles. The van der Waals surface area contributed by atoms with E-state index in [0.717, 1.165) is 12.2 Å². The molecule has 0 saturated carbocycles. The molecule has 0 fully saturated rings. The van der Waals surface area contributed by atoms with Gasteiger partial charge in [0.2, 0.25) is 0 Å². The van der Waals surface area contributed by atoms with Crippen LogP contribution < -0.4 is 4.74 Å². The van der Waals surface area contributed by atoms with Crippen LogP contribution in [0.3, 0.4) is 0 Å². The van der Waals surface area contributed by atoms with Crippen molar-refractivity contribution in [3.05, 3.63) is 53.6 Å². The third kappa shape index (κ3) is 1.81. The summed E-state index contributed by atoms with van der Waals surface area (Å²) in [5.74, 6) is 0.863. The summed E-state index contributed by atoms with van der Waals surface area (Å²) in [5.41, 5.74) is 5.38. The molecule has 0 saturated heterocycles. The Balaban J connectivity index is 1.99. The van der Waals surface area contributed by atoms with E-state index in [1.54, 1.807) is 7.11 Å². The molecule has 2 nitrogen and oxygen atoms in total. The number of ether oxygens (including phenoxy) is 2. The molecule has 2 heteroatoms. The number of methoxy groups -OCH3 is 1. The zero-order valence-electron chi connectivity index (χ0n) is 9.77. The zero-order valence-corrected chi connectivity index (χ0v) is 9.77. The highest BCUT2D eigenvalue weighted by Crippen LogP contribution is 2.38. The Kier molecular flexibility index (Phi) is 2.57. The van der Waals surface area contributed by atoms with E-state index in [1.807, 2.05) is 6.07 Å². The monoisotopic (exact) mass is 226 g/mol. The molecular formula is C15H14O2. The van der Waals surface area contributed by atoms with Crippen molar-refractivity contribution < 1.29 is 9.47 Å². The maximum atomic E-state index is 5.47. The Bertz CT molecular complexity index is 546. The molecule has 0 spiro atoms. The van der Waals surface area contributed by atoms with Crippen LogP contribution in [0.25, 0.3) is 11.1 Å². The molecule has 0 radical (unpaired) electrons. The minimum atomic E-state index is 0.292. The summed E-state index contributed by atoms with van der Waals surface area (Å²) >= 11 is 0. The standard InChI is InChI=1S/C15H14O2/c1-16-10-17-13-7-6-12-8-11-4-2-3-5-14(11)15(12)9-13/h2-7,9H,8,10H2,1H3. The van der Waals surface area contributed by atoms with Gasteiger partial charge >= 0.3 is 0 Å². The Hall–Kier alpha value is -1.80. The second kappa shape index (κ2) is 4.22. The van der Waals surface area contributed by atoms with Gasteiger partial charge in [0.05, 0.1) is 0 Å². The van der Waals surface area contributed by atoms with Crippen LogP contribution >= 0.6 is 0 Å². The molecule has 0 unspecified atom stereocenters. The van der Waals surface area contributed by atoms with E-state index in [2.05, 4.69) is 36.4 Å². The lowest BCUT2D eigenvalue weighted by Crippen LogP contribution is -1.98. The number of hydrogen-bond donors (Lipinski definition) is 0. The molecule has 0 N–H and O–H groups in total. The van der Waals surface area contributed by atoms with Crippen molar-refractivity contribution in [2.75, 3.05) is 13.9 Å². The molecule has 0 aliphatic heterocycles. The number of fused-ring (bicyclic) bond motifs is 3. The van der Waals surface area contributed by atoms with Crippen LogP contribution in [0.4, 0.5) is 0 Å². The van der Waals surface area contributed by atoms with Crippen LogP contribution in [0.5, 0.6) is 5.75 Å². The Morgan fingerprint density at radius 1 is 1.00 bits per heavy atom. The van der Waals surface area contributed by atoms with E-state index in [1.165, 1.54) is 22.3 Å². The van der Waals surface area contributed by atoms with Gasteiger partial charge in [-0.2, -0.15) is 0 Å². The number of rotatable bonds is 3. The Morgan fingerprint density at radius 2 is 1.82 bits per heavy atom. The van der Waals surface area contributed by atoms with Gasteiger partial charge in [0.25, 0.3) is 0 Å². The summed E-state index contributed by atoms with van der Waals surface area (Å²) in [6, 6.07) is 14.8. The molecule has 0 aromatic heterocycles. The van der Waals surface area contributed by atoms with E-state index in [-0.39, 0.29) is 0 Å². The van der Waals surface area contributed by atoms with Crippen molar-refractivity contribution in [2.24, 2.45) is 0 Å². The summed E-state index contributed by atoms with van der Waals surface area (Å²) in [6.45, 7) is 0.292. The molecule has 17 heavy (non-hydrogen) atoms. The van der Waals surface area contributed by atoms with Gasteiger partial charge in [0.15, 0.2) is 6.79 Å². The van der Waals surface area contributed by atoms with Gasteiger partial charge in [-0.05, 0) is 40.8 Å². The summed E-state index contributed by atoms with van der Waals surface area (Å²) in [5, 5.41) is 0. The fourth-order valence-electron chi connectivity index (χ4n) is 2.32. The maximum absolute atomic E-state index is 5.47. The maximum Gasteiger partial charge on any atom is 0.188 e. The van der Waals surface area contributed by atoms with Gasteiger partial charge in [0.1, 0.15) is 5.75 Å². The van der Waals surface area contributed by atoms with Crippen molar-refractivity contribution in [2.45, 2.75) is 6.42 Å². The molecule has 0 bridgehead atoms. The van der Waals surface area contributed by atoms with Gasteiger partial charge < -0.3 is 9.47 Å². The normalized spacial score (nSPS) is 12.1. The first kappa shape index (κ1) is 10.4. The molecule has 0 atom stereocenters. The van der Waals surface area contributed by atoms with Crippen molar-refractivity contribution in [3.8, 4) is 16.9 Å². The first-order valence-electron chi connectivity index (χ1n) is 5.71. The first-order chi connectivity index (χ1) is 8.38. The van der Waals surface area contributed by atoms with Gasteiger partial charge in [0, 0.05) is 7.11 Å². The molecule has 3 rings (SSSR count). The van der Waals surface area contributed by atoms with Crippen LogP contribution in [0, 0.1) is 0 Å². The third-order valence-corrected chi connectivity index (χ3v) is 3.11. The predicted octanol–water partition coefficient (Wildman–Crippen LogP) is 3.24. The Labute approximate surface area is 101 Å². The average Bonchev–Trinajstić information content (AvgIpc) is 2.74. The molecular weight excluding hydrogens is 212 g/mol. The van der Waals surface area contributed by atoms with Crippen LogP contribution in [-0.2, 0) is 11.2 Å². The van der Waals surface area contributed by atoms with Crippen molar-refractivity contribution in [1.29, 1.82) is 0 Å². The minimum absolute atomic E-state index is 0.292. The lowest BCUT2D eigenvalue weighted by Gasteiger charge is -2.07. The van der Waals surface area contributed by atoms with Crippen molar-refractivity contribution >= 4 is 0 Å². The highest BCUT2D eigenvalue weighted by Gasteiger charge is 2.17. The van der Waals surface area contributed by atoms with E-state index < -0.39 is 0 Å². The second-order valence-corrected chi connectivity index (χ2v) is 4.20. The predicted molar refractivity (Wildman–Crippen MR) is 67.2 cm³/mol. The van der Waals surface area contributed by atoms with Crippen LogP contribution in [-0.4, -0.2) is 13.9 Å². The second-order valence-electron chi connectivity index (χ2n) is 4.20. The molecule has 0 amide bonds. The van der Waals surface area contributed by atoms with Crippen LogP contribution in [0.15, 0.2) is 42.5 Å². The first-order valence-corrected chi connectivity index (χ1v) is 5.71. The van der Waals surface area contributed by atoms with Gasteiger partial charge in [-0.3, -0.25) is 0 Å². The molecule has 86 valence electrons. The summed E-state index contributed by atoms with van der Waals surface area (Å²) < 4.78 is 10.4. The van der Waals surface area contributed by atoms with E-state index in [4.69, 9.17) is 9.47 Å². The summed E-state index contributed by atoms with van der Waals surface area (Å²) in [4.78, 5) is 0. The number of hydrogen-bond acceptors (Lipinski definition) is 2. The SMILES string of the molecule is COCOc1ccc2c(c1)-c1ccccc1C2. The average molecular weight is 226 g/mol. The fraction of sp³-hybridized carbons (Fsp3) is 0.200. The highest BCUT2D eigenvalue weighted by molar-refractivity contribution is 5.77. The smallest absolute Gasteiger partial charge is 0.188 e. The van der Waals surface area contributed by atoms with Crippen molar-refractivity contribution in [1.82, 2.24) is 0 Å². The van der Waals surface area contributed by atoms with Crippen LogP contribution in [0.2, 0.25) is 0 Å². The van der Waals surface area contributed by atoms with Crippen molar-refractivity contribution in [3.63, 3.8) is 0 Å². The largest absolute Gasteiger partial charge is 0.468 e. The van der Waals surface area contributed by atoms with E-state index >= 15 is 0 Å². The topological polar surface area (TPSA) is 18.5 Å². The summed E-state index contributed by atoms with van der Waals surface area (Å²) in [6.07, 6.45) is 1.02. The minimum Gasteiger partial charge on any atom is -0.468 e.